The number of nitrogens with two attached hydrogens (primary N) is 1. The number of rotatable bonds is 5. The van der Waals surface area contributed by atoms with Crippen molar-refractivity contribution in [2.24, 2.45) is 0 Å². The maximum absolute atomic E-state index is 16.9. The van der Waals surface area contributed by atoms with Gasteiger partial charge in [0.05, 0.1) is 34.9 Å². The second kappa shape index (κ2) is 10.0. The van der Waals surface area contributed by atoms with Crippen LogP contribution in [0.15, 0.2) is 30.5 Å². The van der Waals surface area contributed by atoms with E-state index in [0.29, 0.717) is 40.7 Å². The van der Waals surface area contributed by atoms with Crippen molar-refractivity contribution in [2.75, 3.05) is 43.4 Å². The van der Waals surface area contributed by atoms with Crippen molar-refractivity contribution in [1.29, 1.82) is 0 Å². The van der Waals surface area contributed by atoms with Crippen LogP contribution in [0.3, 0.4) is 0 Å². The van der Waals surface area contributed by atoms with Crippen molar-refractivity contribution < 1.29 is 22.3 Å². The van der Waals surface area contributed by atoms with E-state index in [-0.39, 0.29) is 65.9 Å². The summed E-state index contributed by atoms with van der Waals surface area (Å²) in [6.07, 6.45) is 2.63. The topological polar surface area (TPSA) is 92.4 Å². The molecule has 0 radical (unpaired) electrons. The summed E-state index contributed by atoms with van der Waals surface area (Å²) in [6, 6.07) is 6.65. The second-order valence-corrected chi connectivity index (χ2v) is 13.5. The van der Waals surface area contributed by atoms with Crippen LogP contribution < -0.4 is 20.7 Å². The highest BCUT2D eigenvalue weighted by Crippen LogP contribution is 2.46. The molecular formula is C32H32ClF4N7O. The summed E-state index contributed by atoms with van der Waals surface area (Å²) in [5.41, 5.74) is 7.94. The SMILES string of the molecule is Cc1cc(-c2c(Cl)cc3c(N4CC5(F)CCC(F)(C4)N5)nc(OC[C@@]45CCCN4C[C@H](F)C5)nc3c2F)c2cccnc2c1N. The number of ether oxygens (including phenoxy) is 1. The van der Waals surface area contributed by atoms with Crippen LogP contribution in [0.4, 0.5) is 29.1 Å². The van der Waals surface area contributed by atoms with E-state index in [9.17, 15) is 4.39 Å². The molecule has 4 aliphatic rings. The number of halogens is 5. The molecule has 0 amide bonds. The molecule has 2 aromatic carbocycles. The van der Waals surface area contributed by atoms with Crippen LogP contribution in [0.2, 0.25) is 5.02 Å². The minimum atomic E-state index is -1.98. The number of benzene rings is 2. The van der Waals surface area contributed by atoms with Crippen molar-refractivity contribution >= 4 is 44.9 Å². The van der Waals surface area contributed by atoms with Gasteiger partial charge in [-0.15, -0.1) is 0 Å². The van der Waals surface area contributed by atoms with Gasteiger partial charge in [0.15, 0.2) is 17.4 Å². The van der Waals surface area contributed by atoms with Crippen molar-refractivity contribution in [3.05, 3.63) is 46.9 Å². The van der Waals surface area contributed by atoms with E-state index in [1.165, 1.54) is 11.0 Å². The Balaban J connectivity index is 1.29. The van der Waals surface area contributed by atoms with Gasteiger partial charge in [-0.1, -0.05) is 17.7 Å². The molecule has 13 heteroatoms. The minimum Gasteiger partial charge on any atom is -0.461 e. The monoisotopic (exact) mass is 641 g/mol. The van der Waals surface area contributed by atoms with E-state index >= 15 is 13.2 Å². The summed E-state index contributed by atoms with van der Waals surface area (Å²) in [4.78, 5) is 17.1. The summed E-state index contributed by atoms with van der Waals surface area (Å²) in [5, 5.41) is 3.33. The third-order valence-electron chi connectivity index (χ3n) is 10.0. The van der Waals surface area contributed by atoms with Crippen molar-refractivity contribution in [3.63, 3.8) is 0 Å². The molecular weight excluding hydrogens is 610 g/mol. The largest absolute Gasteiger partial charge is 0.461 e. The zero-order chi connectivity index (χ0) is 31.3. The average Bonchev–Trinajstić information content (AvgIpc) is 3.60. The molecule has 0 saturated carbocycles. The standard InChI is InChI=1S/C32H32ClF4N7O/c1-17-10-20(19-4-2-8-39-27(19)25(17)38)23-22(33)11-21-26(24(23)35)40-29(45-16-30-5-3-9-44(30)13-18(34)12-30)41-28(21)43-14-31(36)6-7-32(37,15-43)42-31/h2,4,8,10-11,18,42H,3,5-7,9,12-16,38H2,1H3/t18-,30+,31?,32?/m1/s1. The predicted molar refractivity (Wildman–Crippen MR) is 165 cm³/mol. The average molecular weight is 642 g/mol. The Bertz CT molecular complexity index is 1860. The molecule has 236 valence electrons. The number of nitrogen functional groups attached to an aromatic ring is 1. The lowest BCUT2D eigenvalue weighted by atomic mass is 9.95. The molecule has 2 aromatic heterocycles. The van der Waals surface area contributed by atoms with Gasteiger partial charge in [0.2, 0.25) is 0 Å². The predicted octanol–water partition coefficient (Wildman–Crippen LogP) is 6.02. The lowest BCUT2D eigenvalue weighted by molar-refractivity contribution is 0.0435. The van der Waals surface area contributed by atoms with Crippen LogP contribution in [-0.4, -0.2) is 75.9 Å². The number of alkyl halides is 3. The summed E-state index contributed by atoms with van der Waals surface area (Å²) >= 11 is 6.83. The number of piperazine rings is 1. The van der Waals surface area contributed by atoms with Gasteiger partial charge in [-0.2, -0.15) is 9.97 Å². The minimum absolute atomic E-state index is 0.00795. The fraction of sp³-hybridized carbons (Fsp3) is 0.469. The number of nitrogens with one attached hydrogen (secondary N) is 1. The first-order valence-corrected chi connectivity index (χ1v) is 15.6. The number of nitrogens with zero attached hydrogens (tertiary/aromatic N) is 5. The van der Waals surface area contributed by atoms with Crippen molar-refractivity contribution in [2.45, 2.75) is 62.3 Å². The number of pyridine rings is 1. The molecule has 4 aromatic rings. The number of fused-ring (bicyclic) bond motifs is 5. The number of anilines is 2. The smallest absolute Gasteiger partial charge is 0.319 e. The van der Waals surface area contributed by atoms with E-state index < -0.39 is 29.1 Å². The third-order valence-corrected chi connectivity index (χ3v) is 10.3. The van der Waals surface area contributed by atoms with Gasteiger partial charge in [-0.05, 0) is 55.6 Å². The summed E-state index contributed by atoms with van der Waals surface area (Å²) in [7, 11) is 0. The first-order valence-electron chi connectivity index (χ1n) is 15.2. The zero-order valence-corrected chi connectivity index (χ0v) is 25.4. The lowest BCUT2D eigenvalue weighted by Gasteiger charge is -2.40. The molecule has 2 bridgehead atoms. The number of aryl methyl sites for hydroxylation is 1. The normalized spacial score (nSPS) is 29.6. The maximum Gasteiger partial charge on any atom is 0.319 e. The van der Waals surface area contributed by atoms with Crippen LogP contribution in [-0.2, 0) is 0 Å². The van der Waals surface area contributed by atoms with Gasteiger partial charge < -0.3 is 15.4 Å². The molecule has 8 nitrogen and oxygen atoms in total. The van der Waals surface area contributed by atoms with E-state index in [1.54, 1.807) is 31.3 Å². The van der Waals surface area contributed by atoms with Gasteiger partial charge >= 0.3 is 6.01 Å². The van der Waals surface area contributed by atoms with Crippen LogP contribution in [0.25, 0.3) is 32.9 Å². The van der Waals surface area contributed by atoms with Gasteiger partial charge in [0.1, 0.15) is 24.1 Å². The molecule has 3 N–H and O–H groups in total. The van der Waals surface area contributed by atoms with E-state index in [4.69, 9.17) is 22.1 Å². The second-order valence-electron chi connectivity index (χ2n) is 13.1. The van der Waals surface area contributed by atoms with Crippen LogP contribution in [0, 0.1) is 12.7 Å². The van der Waals surface area contributed by atoms with E-state index in [2.05, 4.69) is 25.2 Å². The summed E-state index contributed by atoms with van der Waals surface area (Å²) < 4.78 is 68.7. The number of aromatic nitrogens is 3. The van der Waals surface area contributed by atoms with Gasteiger partial charge in [-0.3, -0.25) is 9.88 Å². The number of hydrogen-bond acceptors (Lipinski definition) is 8. The Morgan fingerprint density at radius 2 is 1.89 bits per heavy atom. The quantitative estimate of drug-likeness (QED) is 0.155. The molecule has 4 aliphatic heterocycles. The lowest BCUT2D eigenvalue weighted by Crippen LogP contribution is -2.62. The molecule has 4 saturated heterocycles. The summed E-state index contributed by atoms with van der Waals surface area (Å²) in [6.45, 7) is 2.60. The van der Waals surface area contributed by atoms with Crippen LogP contribution in [0.5, 0.6) is 6.01 Å². The molecule has 4 atom stereocenters. The van der Waals surface area contributed by atoms with E-state index in [0.717, 1.165) is 19.4 Å². The molecule has 6 heterocycles. The van der Waals surface area contributed by atoms with Crippen LogP contribution >= 0.6 is 11.6 Å². The molecule has 0 aliphatic carbocycles. The maximum atomic E-state index is 16.9. The van der Waals surface area contributed by atoms with Crippen molar-refractivity contribution in [3.8, 4) is 17.1 Å². The Kier molecular flexibility index (Phi) is 6.44. The molecule has 4 fully saturated rings. The zero-order valence-electron chi connectivity index (χ0n) is 24.6. The van der Waals surface area contributed by atoms with Crippen molar-refractivity contribution in [1.82, 2.24) is 25.2 Å². The fourth-order valence-electron chi connectivity index (χ4n) is 7.93. The molecule has 8 rings (SSSR count). The Morgan fingerprint density at radius 3 is 2.67 bits per heavy atom. The van der Waals surface area contributed by atoms with Gasteiger partial charge in [0, 0.05) is 48.3 Å². The first-order chi connectivity index (χ1) is 21.5. The van der Waals surface area contributed by atoms with Gasteiger partial charge in [0.25, 0.3) is 0 Å². The molecule has 2 unspecified atom stereocenters. The molecule has 45 heavy (non-hydrogen) atoms. The Labute approximate surface area is 261 Å². The Morgan fingerprint density at radius 1 is 1.11 bits per heavy atom. The fourth-order valence-corrected chi connectivity index (χ4v) is 8.23. The summed E-state index contributed by atoms with van der Waals surface area (Å²) in [5.74, 6) is -4.59. The van der Waals surface area contributed by atoms with E-state index in [1.807, 2.05) is 0 Å². The highest BCUT2D eigenvalue weighted by atomic mass is 35.5. The molecule has 0 spiro atoms. The Hall–Kier alpha value is -3.48. The third kappa shape index (κ3) is 4.58. The van der Waals surface area contributed by atoms with Gasteiger partial charge in [-0.25, -0.2) is 22.9 Å². The first kappa shape index (κ1) is 29.0. The highest BCUT2D eigenvalue weighted by molar-refractivity contribution is 6.35. The highest BCUT2D eigenvalue weighted by Gasteiger charge is 2.55. The number of hydrogen-bond donors (Lipinski definition) is 2. The van der Waals surface area contributed by atoms with Crippen LogP contribution in [0.1, 0.15) is 37.7 Å².